The molecule has 1 aromatic carbocycles. The van der Waals surface area contributed by atoms with Gasteiger partial charge in [0.2, 0.25) is 20.9 Å². The number of benzene rings is 1. The van der Waals surface area contributed by atoms with Crippen molar-refractivity contribution in [2.75, 3.05) is 11.1 Å². The van der Waals surface area contributed by atoms with Crippen molar-refractivity contribution in [3.05, 3.63) is 75.7 Å². The summed E-state index contributed by atoms with van der Waals surface area (Å²) < 4.78 is 68.7. The summed E-state index contributed by atoms with van der Waals surface area (Å²) in [5.74, 6) is -1.66. The number of hydrogen-bond donors (Lipinski definition) is 1. The van der Waals surface area contributed by atoms with E-state index in [1.54, 1.807) is 55.7 Å². The van der Waals surface area contributed by atoms with Gasteiger partial charge >= 0.3 is 6.18 Å². The monoisotopic (exact) mass is 551 g/mol. The van der Waals surface area contributed by atoms with E-state index in [9.17, 15) is 31.2 Å². The van der Waals surface area contributed by atoms with Crippen LogP contribution in [0, 0.1) is 6.92 Å². The molecule has 194 valence electrons. The van der Waals surface area contributed by atoms with Gasteiger partial charge < -0.3 is 5.32 Å². The van der Waals surface area contributed by atoms with Crippen LogP contribution in [0.15, 0.2) is 63.9 Å². The highest BCUT2D eigenvalue weighted by atomic mass is 32.2. The van der Waals surface area contributed by atoms with Crippen molar-refractivity contribution in [3.63, 3.8) is 0 Å². The SMILES string of the molecule is Cc1c(NC(=O)CCS(=O)(=O)c2nc(-c3cccs3)cc(C(F)(F)F)n2)c(=O)n(-c2ccccc2)n1C. The fourth-order valence-corrected chi connectivity index (χ4v) is 5.29. The molecular weight excluding hydrogens is 531 g/mol. The zero-order chi connectivity index (χ0) is 27.0. The third-order valence-electron chi connectivity index (χ3n) is 5.46. The van der Waals surface area contributed by atoms with E-state index < -0.39 is 50.5 Å². The number of anilines is 1. The summed E-state index contributed by atoms with van der Waals surface area (Å²) >= 11 is 1.09. The third-order valence-corrected chi connectivity index (χ3v) is 7.84. The van der Waals surface area contributed by atoms with Gasteiger partial charge in [0.25, 0.3) is 5.56 Å². The molecule has 4 aromatic rings. The minimum Gasteiger partial charge on any atom is -0.320 e. The average molecular weight is 552 g/mol. The predicted molar refractivity (Wildman–Crippen MR) is 131 cm³/mol. The molecule has 0 aliphatic rings. The van der Waals surface area contributed by atoms with E-state index in [1.807, 2.05) is 0 Å². The van der Waals surface area contributed by atoms with E-state index in [-0.39, 0.29) is 11.4 Å². The highest BCUT2D eigenvalue weighted by Gasteiger charge is 2.35. The van der Waals surface area contributed by atoms with E-state index in [0.717, 1.165) is 11.3 Å². The Morgan fingerprint density at radius 3 is 2.43 bits per heavy atom. The van der Waals surface area contributed by atoms with Crippen LogP contribution >= 0.6 is 11.3 Å². The Morgan fingerprint density at radius 1 is 1.11 bits per heavy atom. The largest absolute Gasteiger partial charge is 0.433 e. The van der Waals surface area contributed by atoms with Gasteiger partial charge in [0, 0.05) is 13.5 Å². The second-order valence-electron chi connectivity index (χ2n) is 7.95. The molecule has 0 fully saturated rings. The lowest BCUT2D eigenvalue weighted by Crippen LogP contribution is -2.24. The minimum absolute atomic E-state index is 0.0379. The molecule has 0 saturated carbocycles. The Bertz CT molecular complexity index is 1610. The van der Waals surface area contributed by atoms with Crippen LogP contribution in [0.4, 0.5) is 18.9 Å². The third kappa shape index (κ3) is 5.49. The molecule has 1 amide bonds. The van der Waals surface area contributed by atoms with Gasteiger partial charge in [-0.3, -0.25) is 14.3 Å². The van der Waals surface area contributed by atoms with E-state index in [4.69, 9.17) is 0 Å². The fraction of sp³-hybridized carbons (Fsp3) is 0.217. The number of carbonyl (C=O) groups excluding carboxylic acids is 1. The molecule has 0 atom stereocenters. The van der Waals surface area contributed by atoms with Gasteiger partial charge in [-0.15, -0.1) is 11.3 Å². The highest BCUT2D eigenvalue weighted by molar-refractivity contribution is 7.91. The smallest absolute Gasteiger partial charge is 0.320 e. The first-order valence-corrected chi connectivity index (χ1v) is 13.3. The number of carbonyl (C=O) groups is 1. The first-order valence-electron chi connectivity index (χ1n) is 10.8. The number of hydrogen-bond acceptors (Lipinski definition) is 7. The van der Waals surface area contributed by atoms with Gasteiger partial charge in [-0.1, -0.05) is 24.3 Å². The molecule has 4 rings (SSSR count). The van der Waals surface area contributed by atoms with E-state index in [0.29, 0.717) is 22.3 Å². The van der Waals surface area contributed by atoms with Crippen LogP contribution < -0.4 is 10.9 Å². The lowest BCUT2D eigenvalue weighted by molar-refractivity contribution is -0.141. The standard InChI is InChI=1S/C23H20F3N5O4S2/c1-14-20(21(33)31(30(14)2)15-7-4-3-5-8-15)29-19(32)10-12-37(34,35)22-27-16(17-9-6-11-36-17)13-18(28-22)23(24,25)26/h3-9,11,13H,10,12H2,1-2H3,(H,29,32). The number of rotatable bonds is 7. The number of thiophene rings is 1. The number of para-hydroxylation sites is 1. The Kier molecular flexibility index (Phi) is 7.06. The Balaban J connectivity index is 1.56. The molecule has 0 aliphatic carbocycles. The zero-order valence-corrected chi connectivity index (χ0v) is 21.1. The molecule has 3 heterocycles. The van der Waals surface area contributed by atoms with Crippen LogP contribution in [0.2, 0.25) is 0 Å². The number of amides is 1. The molecule has 14 heteroatoms. The molecule has 1 N–H and O–H groups in total. The Hall–Kier alpha value is -3.78. The Morgan fingerprint density at radius 2 is 1.81 bits per heavy atom. The van der Waals surface area contributed by atoms with Gasteiger partial charge in [-0.25, -0.2) is 23.1 Å². The maximum absolute atomic E-state index is 13.4. The van der Waals surface area contributed by atoms with E-state index >= 15 is 0 Å². The number of nitrogens with one attached hydrogen (secondary N) is 1. The number of alkyl halides is 3. The van der Waals surface area contributed by atoms with Crippen LogP contribution in [-0.2, 0) is 27.9 Å². The number of aromatic nitrogens is 4. The Labute approximate surface area is 213 Å². The summed E-state index contributed by atoms with van der Waals surface area (Å²) in [5.41, 5.74) is -1.18. The predicted octanol–water partition coefficient (Wildman–Crippen LogP) is 3.82. The van der Waals surface area contributed by atoms with Gasteiger partial charge in [0.1, 0.15) is 11.4 Å². The van der Waals surface area contributed by atoms with Crippen molar-refractivity contribution >= 4 is 32.8 Å². The van der Waals surface area contributed by atoms with Crippen molar-refractivity contribution in [2.45, 2.75) is 24.7 Å². The summed E-state index contributed by atoms with van der Waals surface area (Å²) in [4.78, 5) is 32.9. The van der Waals surface area contributed by atoms with Crippen LogP contribution in [-0.4, -0.2) is 39.4 Å². The summed E-state index contributed by atoms with van der Waals surface area (Å²) in [5, 5.41) is 3.01. The lowest BCUT2D eigenvalue weighted by atomic mass is 10.3. The average Bonchev–Trinajstić information content (AvgIpc) is 3.47. The molecule has 0 unspecified atom stereocenters. The van der Waals surface area contributed by atoms with Crippen LogP contribution in [0.5, 0.6) is 0 Å². The number of sulfone groups is 1. The van der Waals surface area contributed by atoms with E-state index in [1.165, 1.54) is 15.4 Å². The quantitative estimate of drug-likeness (QED) is 0.349. The second-order valence-corrected chi connectivity index (χ2v) is 10.9. The summed E-state index contributed by atoms with van der Waals surface area (Å²) in [6, 6.07) is 12.4. The summed E-state index contributed by atoms with van der Waals surface area (Å²) in [7, 11) is -2.85. The fourth-order valence-electron chi connectivity index (χ4n) is 3.49. The maximum atomic E-state index is 13.4. The van der Waals surface area contributed by atoms with Gasteiger partial charge in [-0.2, -0.15) is 13.2 Å². The topological polar surface area (TPSA) is 116 Å². The molecule has 0 aliphatic heterocycles. The van der Waals surface area contributed by atoms with Crippen molar-refractivity contribution in [3.8, 4) is 16.3 Å². The van der Waals surface area contributed by atoms with Crippen LogP contribution in [0.25, 0.3) is 16.3 Å². The van der Waals surface area contributed by atoms with Crippen LogP contribution in [0.3, 0.4) is 0 Å². The molecular formula is C23H20F3N5O4S2. The first kappa shape index (κ1) is 26.3. The maximum Gasteiger partial charge on any atom is 0.433 e. The second kappa shape index (κ2) is 9.94. The van der Waals surface area contributed by atoms with Crippen molar-refractivity contribution < 1.29 is 26.4 Å². The number of halogens is 3. The lowest BCUT2D eigenvalue weighted by Gasteiger charge is -2.10. The van der Waals surface area contributed by atoms with Gasteiger partial charge in [0.05, 0.1) is 27.7 Å². The molecule has 3 aromatic heterocycles. The van der Waals surface area contributed by atoms with Crippen molar-refractivity contribution in [1.29, 1.82) is 0 Å². The normalized spacial score (nSPS) is 12.0. The molecule has 37 heavy (non-hydrogen) atoms. The summed E-state index contributed by atoms with van der Waals surface area (Å²) in [6.07, 6.45) is -5.53. The zero-order valence-electron chi connectivity index (χ0n) is 19.5. The van der Waals surface area contributed by atoms with E-state index in [2.05, 4.69) is 15.3 Å². The van der Waals surface area contributed by atoms with Crippen LogP contribution in [0.1, 0.15) is 17.8 Å². The highest BCUT2D eigenvalue weighted by Crippen LogP contribution is 2.32. The minimum atomic E-state index is -4.90. The van der Waals surface area contributed by atoms with Gasteiger partial charge in [-0.05, 0) is 36.6 Å². The number of nitrogens with zero attached hydrogens (tertiary/aromatic N) is 4. The molecule has 0 radical (unpaired) electrons. The van der Waals surface area contributed by atoms with Crippen molar-refractivity contribution in [2.24, 2.45) is 7.05 Å². The van der Waals surface area contributed by atoms with Crippen molar-refractivity contribution in [1.82, 2.24) is 19.3 Å². The summed E-state index contributed by atoms with van der Waals surface area (Å²) in [6.45, 7) is 1.61. The van der Waals surface area contributed by atoms with Gasteiger partial charge in [0.15, 0.2) is 0 Å². The molecule has 0 bridgehead atoms. The molecule has 0 spiro atoms. The molecule has 9 nitrogen and oxygen atoms in total. The first-order chi connectivity index (χ1) is 17.4. The molecule has 0 saturated heterocycles.